The number of anilines is 1. The van der Waals surface area contributed by atoms with Crippen LogP contribution in [0, 0.1) is 0 Å². The zero-order valence-electron chi connectivity index (χ0n) is 16.9. The van der Waals surface area contributed by atoms with Gasteiger partial charge in [-0.15, -0.1) is 0 Å². The number of hydrogen-bond donors (Lipinski definition) is 2. The lowest BCUT2D eigenvalue weighted by molar-refractivity contribution is -0.914. The van der Waals surface area contributed by atoms with Gasteiger partial charge in [0.1, 0.15) is 23.6 Å². The Hall–Kier alpha value is -2.99. The van der Waals surface area contributed by atoms with E-state index < -0.39 is 0 Å². The molecule has 6 heteroatoms. The topological polar surface area (TPSA) is 67.4 Å². The molecule has 4 rings (SSSR count). The van der Waals surface area contributed by atoms with Crippen molar-refractivity contribution in [2.75, 3.05) is 38.2 Å². The number of phenols is 1. The number of hydrogen-bond acceptors (Lipinski definition) is 5. The summed E-state index contributed by atoms with van der Waals surface area (Å²) >= 11 is 0. The highest BCUT2D eigenvalue weighted by Gasteiger charge is 2.22. The van der Waals surface area contributed by atoms with Crippen molar-refractivity contribution in [2.24, 2.45) is 0 Å². The Labute approximate surface area is 169 Å². The van der Waals surface area contributed by atoms with Crippen molar-refractivity contribution in [1.29, 1.82) is 0 Å². The van der Waals surface area contributed by atoms with Gasteiger partial charge in [-0.25, -0.2) is 4.79 Å². The quantitative estimate of drug-likeness (QED) is 0.647. The molecule has 1 fully saturated rings. The van der Waals surface area contributed by atoms with Gasteiger partial charge in [-0.1, -0.05) is 13.0 Å². The van der Waals surface area contributed by atoms with Crippen LogP contribution in [-0.4, -0.2) is 38.4 Å². The summed E-state index contributed by atoms with van der Waals surface area (Å²) in [5.74, 6) is 1.05. The van der Waals surface area contributed by atoms with Gasteiger partial charge >= 0.3 is 5.63 Å². The van der Waals surface area contributed by atoms with E-state index >= 15 is 0 Å². The van der Waals surface area contributed by atoms with Crippen LogP contribution in [0.4, 0.5) is 5.69 Å². The van der Waals surface area contributed by atoms with Gasteiger partial charge in [-0.05, 0) is 30.2 Å². The average molecular weight is 395 g/mol. The van der Waals surface area contributed by atoms with Crippen LogP contribution in [0.15, 0.2) is 51.7 Å². The second-order valence-corrected chi connectivity index (χ2v) is 7.54. The lowest BCUT2D eigenvalue weighted by Gasteiger charge is -2.34. The summed E-state index contributed by atoms with van der Waals surface area (Å²) in [4.78, 5) is 15.8. The minimum atomic E-state index is -0.370. The first-order chi connectivity index (χ1) is 14.1. The van der Waals surface area contributed by atoms with Gasteiger partial charge in [0.25, 0.3) is 0 Å². The summed E-state index contributed by atoms with van der Waals surface area (Å²) in [7, 11) is 1.69. The second-order valence-electron chi connectivity index (χ2n) is 7.54. The Bertz CT molecular complexity index is 1070. The van der Waals surface area contributed by atoms with Gasteiger partial charge in [0, 0.05) is 34.8 Å². The lowest BCUT2D eigenvalue weighted by Crippen LogP contribution is -3.13. The highest BCUT2D eigenvalue weighted by atomic mass is 16.5. The van der Waals surface area contributed by atoms with Gasteiger partial charge in [0.2, 0.25) is 0 Å². The van der Waals surface area contributed by atoms with Crippen LogP contribution in [0.5, 0.6) is 11.5 Å². The molecule has 0 bridgehead atoms. The Morgan fingerprint density at radius 1 is 1.14 bits per heavy atom. The number of nitrogens with one attached hydrogen (secondary N) is 1. The van der Waals surface area contributed by atoms with Crippen LogP contribution in [0.2, 0.25) is 0 Å². The summed E-state index contributed by atoms with van der Waals surface area (Å²) in [6.45, 7) is 6.63. The molecule has 1 aliphatic rings. The predicted octanol–water partition coefficient (Wildman–Crippen LogP) is 1.97. The second kappa shape index (κ2) is 8.17. The van der Waals surface area contributed by atoms with E-state index in [0.29, 0.717) is 5.58 Å². The van der Waals surface area contributed by atoms with Crippen molar-refractivity contribution in [3.8, 4) is 11.5 Å². The number of rotatable bonds is 5. The summed E-state index contributed by atoms with van der Waals surface area (Å²) in [6, 6.07) is 13.3. The van der Waals surface area contributed by atoms with Crippen molar-refractivity contribution in [1.82, 2.24) is 0 Å². The molecule has 6 nitrogen and oxygen atoms in total. The molecule has 1 aliphatic heterocycles. The minimum absolute atomic E-state index is 0.180. The maximum absolute atomic E-state index is 12.0. The van der Waals surface area contributed by atoms with E-state index in [-0.39, 0.29) is 11.4 Å². The number of fused-ring (bicyclic) bond motifs is 1. The zero-order valence-corrected chi connectivity index (χ0v) is 16.9. The fourth-order valence-corrected chi connectivity index (χ4v) is 4.07. The first-order valence-corrected chi connectivity index (χ1v) is 10.1. The molecule has 3 aromatic rings. The molecule has 0 spiro atoms. The summed E-state index contributed by atoms with van der Waals surface area (Å²) in [6.07, 6.45) is 0.729. The molecule has 0 radical (unpaired) electrons. The van der Waals surface area contributed by atoms with Crippen molar-refractivity contribution >= 4 is 16.7 Å². The zero-order chi connectivity index (χ0) is 20.4. The summed E-state index contributed by atoms with van der Waals surface area (Å²) in [5, 5.41) is 11.0. The Kier molecular flexibility index (Phi) is 5.45. The summed E-state index contributed by atoms with van der Waals surface area (Å²) in [5.41, 5.74) is 3.11. The largest absolute Gasteiger partial charge is 0.508 e. The normalized spacial score (nSPS) is 15.0. The Balaban J connectivity index is 1.52. The van der Waals surface area contributed by atoms with Gasteiger partial charge < -0.3 is 24.1 Å². The number of aryl methyl sites for hydroxylation is 1. The predicted molar refractivity (Wildman–Crippen MR) is 113 cm³/mol. The standard InChI is InChI=1S/C23H26N2O4/c1-3-16-11-20-17(12-23(27)29-22(20)14-21(16)26)15-24-7-9-25(10-8-24)18-5-4-6-19(13-18)28-2/h4-6,11-14,26H,3,7-10,15H2,1-2H3/p+1. The third-order valence-electron chi connectivity index (χ3n) is 5.74. The van der Waals surface area contributed by atoms with E-state index in [4.69, 9.17) is 9.15 Å². The fourth-order valence-electron chi connectivity index (χ4n) is 4.07. The van der Waals surface area contributed by atoms with E-state index in [1.54, 1.807) is 19.2 Å². The smallest absolute Gasteiger partial charge is 0.336 e. The molecular weight excluding hydrogens is 368 g/mol. The minimum Gasteiger partial charge on any atom is -0.508 e. The molecule has 1 saturated heterocycles. The third-order valence-corrected chi connectivity index (χ3v) is 5.74. The Morgan fingerprint density at radius 3 is 2.66 bits per heavy atom. The van der Waals surface area contributed by atoms with Crippen LogP contribution >= 0.6 is 0 Å². The number of phenolic OH excluding ortho intramolecular Hbond substituents is 1. The SMILES string of the molecule is CCc1cc2c(C[NH+]3CCN(c4cccc(OC)c4)CC3)cc(=O)oc2cc1O. The molecule has 2 N–H and O–H groups in total. The van der Waals surface area contributed by atoms with Gasteiger partial charge in [-0.2, -0.15) is 0 Å². The van der Waals surface area contributed by atoms with E-state index in [9.17, 15) is 9.90 Å². The first kappa shape index (κ1) is 19.3. The average Bonchev–Trinajstić information content (AvgIpc) is 2.73. The molecule has 0 saturated carbocycles. The number of aromatic hydroxyl groups is 1. The third kappa shape index (κ3) is 4.07. The molecular formula is C23H27N2O4+. The van der Waals surface area contributed by atoms with Crippen molar-refractivity contribution < 1.29 is 19.2 Å². The molecule has 1 aromatic heterocycles. The number of piperazine rings is 1. The van der Waals surface area contributed by atoms with Crippen molar-refractivity contribution in [3.63, 3.8) is 0 Å². The van der Waals surface area contributed by atoms with Crippen molar-refractivity contribution in [2.45, 2.75) is 19.9 Å². The van der Waals surface area contributed by atoms with Crippen LogP contribution < -0.4 is 20.2 Å². The molecule has 0 atom stereocenters. The first-order valence-electron chi connectivity index (χ1n) is 10.1. The maximum Gasteiger partial charge on any atom is 0.336 e. The van der Waals surface area contributed by atoms with Gasteiger partial charge in [-0.3, -0.25) is 0 Å². The van der Waals surface area contributed by atoms with E-state index in [1.807, 2.05) is 25.1 Å². The van der Waals surface area contributed by atoms with E-state index in [1.165, 1.54) is 10.6 Å². The molecule has 152 valence electrons. The van der Waals surface area contributed by atoms with Crippen molar-refractivity contribution in [3.05, 3.63) is 64.0 Å². The van der Waals surface area contributed by atoms with Gasteiger partial charge in [0.15, 0.2) is 0 Å². The van der Waals surface area contributed by atoms with Crippen LogP contribution in [-0.2, 0) is 13.0 Å². The lowest BCUT2D eigenvalue weighted by atomic mass is 10.0. The highest BCUT2D eigenvalue weighted by Crippen LogP contribution is 2.27. The van der Waals surface area contributed by atoms with E-state index in [2.05, 4.69) is 17.0 Å². The Morgan fingerprint density at radius 2 is 1.93 bits per heavy atom. The van der Waals surface area contributed by atoms with Crippen LogP contribution in [0.3, 0.4) is 0 Å². The fraction of sp³-hybridized carbons (Fsp3) is 0.348. The van der Waals surface area contributed by atoms with Gasteiger partial charge in [0.05, 0.1) is 33.3 Å². The number of methoxy groups -OCH3 is 1. The molecule has 2 aromatic carbocycles. The number of benzene rings is 2. The van der Waals surface area contributed by atoms with E-state index in [0.717, 1.165) is 61.4 Å². The number of quaternary nitrogens is 1. The maximum atomic E-state index is 12.0. The highest BCUT2D eigenvalue weighted by molar-refractivity contribution is 5.82. The summed E-state index contributed by atoms with van der Waals surface area (Å²) < 4.78 is 10.7. The molecule has 2 heterocycles. The van der Waals surface area contributed by atoms with Crippen LogP contribution in [0.1, 0.15) is 18.1 Å². The molecule has 0 unspecified atom stereocenters. The van der Waals surface area contributed by atoms with Crippen LogP contribution in [0.25, 0.3) is 11.0 Å². The number of ether oxygens (including phenoxy) is 1. The molecule has 29 heavy (non-hydrogen) atoms. The molecule has 0 amide bonds. The monoisotopic (exact) mass is 395 g/mol. The molecule has 0 aliphatic carbocycles. The number of nitrogens with zero attached hydrogens (tertiary/aromatic N) is 1.